The summed E-state index contributed by atoms with van der Waals surface area (Å²) >= 11 is 0. The number of rotatable bonds is 1. The van der Waals surface area contributed by atoms with Gasteiger partial charge in [-0.3, -0.25) is 4.79 Å². The molecule has 1 atom stereocenters. The van der Waals surface area contributed by atoms with Crippen LogP contribution in [0.1, 0.15) is 32.1 Å². The molecule has 0 aliphatic carbocycles. The van der Waals surface area contributed by atoms with Gasteiger partial charge in [-0.1, -0.05) is 18.6 Å². The van der Waals surface area contributed by atoms with Crippen LogP contribution in [0.2, 0.25) is 0 Å². The summed E-state index contributed by atoms with van der Waals surface area (Å²) in [6, 6.07) is 0.0881. The van der Waals surface area contributed by atoms with Crippen molar-refractivity contribution in [2.24, 2.45) is 0 Å². The Morgan fingerprint density at radius 3 is 2.67 bits per heavy atom. The molecule has 2 heterocycles. The Balaban J connectivity index is 1.86. The van der Waals surface area contributed by atoms with Crippen LogP contribution < -0.4 is 5.32 Å². The third-order valence-corrected chi connectivity index (χ3v) is 3.39. The van der Waals surface area contributed by atoms with Crippen molar-refractivity contribution in [3.8, 4) is 0 Å². The lowest BCUT2D eigenvalue weighted by molar-refractivity contribution is -0.134. The number of carbonyl (C=O) groups excluding carboxylic acids is 1. The van der Waals surface area contributed by atoms with Crippen LogP contribution in [0.15, 0.2) is 12.2 Å². The van der Waals surface area contributed by atoms with E-state index in [4.69, 9.17) is 0 Å². The maximum absolute atomic E-state index is 12.1. The molecule has 0 saturated carbocycles. The number of piperidine rings is 2. The Morgan fingerprint density at radius 2 is 2.07 bits per heavy atom. The first-order valence-electron chi connectivity index (χ1n) is 5.96. The van der Waals surface area contributed by atoms with Gasteiger partial charge in [-0.05, 0) is 32.2 Å². The van der Waals surface area contributed by atoms with Crippen molar-refractivity contribution in [1.82, 2.24) is 10.2 Å². The topological polar surface area (TPSA) is 32.3 Å². The minimum absolute atomic E-state index is 0.0881. The smallest absolute Gasteiger partial charge is 0.239 e. The van der Waals surface area contributed by atoms with E-state index >= 15 is 0 Å². The number of hydrogen-bond acceptors (Lipinski definition) is 2. The van der Waals surface area contributed by atoms with E-state index in [0.29, 0.717) is 5.91 Å². The van der Waals surface area contributed by atoms with Gasteiger partial charge in [0.25, 0.3) is 0 Å². The molecule has 1 amide bonds. The van der Waals surface area contributed by atoms with E-state index in [9.17, 15) is 4.79 Å². The zero-order chi connectivity index (χ0) is 10.7. The van der Waals surface area contributed by atoms with E-state index < -0.39 is 0 Å². The van der Waals surface area contributed by atoms with Crippen molar-refractivity contribution >= 4 is 5.91 Å². The van der Waals surface area contributed by atoms with Crippen LogP contribution in [-0.2, 0) is 4.79 Å². The van der Waals surface area contributed by atoms with E-state index in [2.05, 4.69) is 11.9 Å². The van der Waals surface area contributed by atoms with Crippen LogP contribution in [0.3, 0.4) is 0 Å². The summed E-state index contributed by atoms with van der Waals surface area (Å²) in [5, 5.41) is 3.31. The summed E-state index contributed by atoms with van der Waals surface area (Å²) in [6.45, 7) is 6.71. The Hall–Kier alpha value is -0.830. The van der Waals surface area contributed by atoms with Crippen LogP contribution in [-0.4, -0.2) is 36.5 Å². The lowest BCUT2D eigenvalue weighted by Gasteiger charge is -2.33. The molecule has 0 spiro atoms. The third kappa shape index (κ3) is 2.59. The SMILES string of the molecule is C=C1CCN(C(=O)C2CCCCN2)CC1. The number of nitrogens with one attached hydrogen (secondary N) is 1. The molecule has 2 aliphatic rings. The molecule has 1 unspecified atom stereocenters. The average molecular weight is 208 g/mol. The average Bonchev–Trinajstić information content (AvgIpc) is 2.30. The Bertz CT molecular complexity index is 246. The predicted octanol–water partition coefficient (Wildman–Crippen LogP) is 1.31. The predicted molar refractivity (Wildman–Crippen MR) is 60.6 cm³/mol. The molecule has 3 nitrogen and oxygen atoms in total. The first-order valence-corrected chi connectivity index (χ1v) is 5.96. The Morgan fingerprint density at radius 1 is 1.33 bits per heavy atom. The zero-order valence-electron chi connectivity index (χ0n) is 9.30. The summed E-state index contributed by atoms with van der Waals surface area (Å²) in [4.78, 5) is 14.1. The molecule has 2 aliphatic heterocycles. The molecule has 0 aromatic heterocycles. The van der Waals surface area contributed by atoms with E-state index in [1.807, 2.05) is 4.90 Å². The lowest BCUT2D eigenvalue weighted by Crippen LogP contribution is -2.50. The molecule has 0 aromatic carbocycles. The van der Waals surface area contributed by atoms with Crippen LogP contribution >= 0.6 is 0 Å². The zero-order valence-corrected chi connectivity index (χ0v) is 9.30. The summed E-state index contributed by atoms with van der Waals surface area (Å²) in [7, 11) is 0. The molecule has 2 saturated heterocycles. The fourth-order valence-corrected chi connectivity index (χ4v) is 2.33. The van der Waals surface area contributed by atoms with Crippen LogP contribution in [0.25, 0.3) is 0 Å². The van der Waals surface area contributed by atoms with Gasteiger partial charge in [-0.25, -0.2) is 0 Å². The minimum Gasteiger partial charge on any atom is -0.341 e. The molecule has 0 bridgehead atoms. The molecular weight excluding hydrogens is 188 g/mol. The molecule has 2 fully saturated rings. The number of likely N-dealkylation sites (tertiary alicyclic amines) is 1. The maximum atomic E-state index is 12.1. The summed E-state index contributed by atoms with van der Waals surface area (Å²) in [5.41, 5.74) is 1.29. The summed E-state index contributed by atoms with van der Waals surface area (Å²) < 4.78 is 0. The van der Waals surface area contributed by atoms with E-state index in [0.717, 1.165) is 38.9 Å². The van der Waals surface area contributed by atoms with Gasteiger partial charge in [0.2, 0.25) is 5.91 Å². The molecular formula is C12H20N2O. The highest BCUT2D eigenvalue weighted by atomic mass is 16.2. The van der Waals surface area contributed by atoms with Gasteiger partial charge in [0.15, 0.2) is 0 Å². The van der Waals surface area contributed by atoms with Crippen molar-refractivity contribution in [2.75, 3.05) is 19.6 Å². The highest BCUT2D eigenvalue weighted by molar-refractivity contribution is 5.82. The lowest BCUT2D eigenvalue weighted by atomic mass is 10.0. The number of hydrogen-bond donors (Lipinski definition) is 1. The number of nitrogens with zero attached hydrogens (tertiary/aromatic N) is 1. The molecule has 2 rings (SSSR count). The molecule has 84 valence electrons. The van der Waals surface area contributed by atoms with Crippen LogP contribution in [0.4, 0.5) is 0 Å². The van der Waals surface area contributed by atoms with Gasteiger partial charge in [0, 0.05) is 13.1 Å². The maximum Gasteiger partial charge on any atom is 0.239 e. The second-order valence-electron chi connectivity index (χ2n) is 4.58. The summed E-state index contributed by atoms with van der Waals surface area (Å²) in [6.07, 6.45) is 5.37. The second-order valence-corrected chi connectivity index (χ2v) is 4.58. The largest absolute Gasteiger partial charge is 0.341 e. The van der Waals surface area contributed by atoms with E-state index in [1.165, 1.54) is 18.4 Å². The fraction of sp³-hybridized carbons (Fsp3) is 0.750. The molecule has 1 N–H and O–H groups in total. The van der Waals surface area contributed by atoms with E-state index in [1.54, 1.807) is 0 Å². The molecule has 15 heavy (non-hydrogen) atoms. The van der Waals surface area contributed by atoms with Gasteiger partial charge in [-0.2, -0.15) is 0 Å². The standard InChI is InChI=1S/C12H20N2O/c1-10-5-8-14(9-6-10)12(15)11-4-2-3-7-13-11/h11,13H,1-9H2. The van der Waals surface area contributed by atoms with Crippen molar-refractivity contribution in [3.63, 3.8) is 0 Å². The van der Waals surface area contributed by atoms with E-state index in [-0.39, 0.29) is 6.04 Å². The van der Waals surface area contributed by atoms with Crippen LogP contribution in [0.5, 0.6) is 0 Å². The highest BCUT2D eigenvalue weighted by Gasteiger charge is 2.26. The number of amides is 1. The van der Waals surface area contributed by atoms with Gasteiger partial charge in [0.1, 0.15) is 0 Å². The summed E-state index contributed by atoms with van der Waals surface area (Å²) in [5.74, 6) is 0.308. The Labute approximate surface area is 91.5 Å². The van der Waals surface area contributed by atoms with Gasteiger partial charge < -0.3 is 10.2 Å². The quantitative estimate of drug-likeness (QED) is 0.659. The van der Waals surface area contributed by atoms with Crippen molar-refractivity contribution < 1.29 is 4.79 Å². The monoisotopic (exact) mass is 208 g/mol. The Kier molecular flexibility index (Phi) is 3.41. The third-order valence-electron chi connectivity index (χ3n) is 3.39. The van der Waals surface area contributed by atoms with Crippen LogP contribution in [0, 0.1) is 0 Å². The molecule has 0 radical (unpaired) electrons. The van der Waals surface area contributed by atoms with Crippen molar-refractivity contribution in [3.05, 3.63) is 12.2 Å². The number of carbonyl (C=O) groups is 1. The van der Waals surface area contributed by atoms with Crippen molar-refractivity contribution in [1.29, 1.82) is 0 Å². The highest BCUT2D eigenvalue weighted by Crippen LogP contribution is 2.17. The molecule has 3 heteroatoms. The normalized spacial score (nSPS) is 27.9. The molecule has 0 aromatic rings. The first-order chi connectivity index (χ1) is 7.27. The minimum atomic E-state index is 0.0881. The van der Waals surface area contributed by atoms with Gasteiger partial charge in [0.05, 0.1) is 6.04 Å². The van der Waals surface area contributed by atoms with Gasteiger partial charge >= 0.3 is 0 Å². The second kappa shape index (κ2) is 4.79. The van der Waals surface area contributed by atoms with Gasteiger partial charge in [-0.15, -0.1) is 0 Å². The first kappa shape index (κ1) is 10.7. The van der Waals surface area contributed by atoms with Crippen molar-refractivity contribution in [2.45, 2.75) is 38.1 Å². The fourth-order valence-electron chi connectivity index (χ4n) is 2.33.